The lowest BCUT2D eigenvalue weighted by atomic mass is 9.98. The first kappa shape index (κ1) is 14.1. The van der Waals surface area contributed by atoms with Gasteiger partial charge in [-0.25, -0.2) is 0 Å². The molecule has 1 aromatic rings. The number of nitrogens with one attached hydrogen (secondary N) is 2. The van der Waals surface area contributed by atoms with E-state index in [2.05, 4.69) is 23.6 Å². The number of carbonyl (C=O) groups excluding carboxylic acids is 1. The summed E-state index contributed by atoms with van der Waals surface area (Å²) in [5.74, 6) is 1.64. The summed E-state index contributed by atoms with van der Waals surface area (Å²) < 4.78 is 0. The van der Waals surface area contributed by atoms with Crippen LogP contribution in [-0.4, -0.2) is 12.5 Å². The Bertz CT molecular complexity index is 431. The van der Waals surface area contributed by atoms with E-state index in [1.165, 1.54) is 19.3 Å². The molecular formula is C16H24N2O. The van der Waals surface area contributed by atoms with Crippen LogP contribution < -0.4 is 10.6 Å². The van der Waals surface area contributed by atoms with Crippen molar-refractivity contribution in [2.24, 2.45) is 11.8 Å². The van der Waals surface area contributed by atoms with Crippen molar-refractivity contribution in [1.29, 1.82) is 0 Å². The highest BCUT2D eigenvalue weighted by Gasteiger charge is 2.22. The summed E-state index contributed by atoms with van der Waals surface area (Å²) in [7, 11) is 0. The van der Waals surface area contributed by atoms with Gasteiger partial charge in [0, 0.05) is 19.2 Å². The smallest absolute Gasteiger partial charge is 0.221 e. The molecule has 3 heteroatoms. The molecule has 3 nitrogen and oxygen atoms in total. The number of carbonyl (C=O) groups is 1. The van der Waals surface area contributed by atoms with Crippen molar-refractivity contribution in [3.63, 3.8) is 0 Å². The lowest BCUT2D eigenvalue weighted by Gasteiger charge is -2.17. The zero-order chi connectivity index (χ0) is 13.7. The number of amides is 1. The number of benzene rings is 1. The van der Waals surface area contributed by atoms with Crippen molar-refractivity contribution in [1.82, 2.24) is 5.32 Å². The van der Waals surface area contributed by atoms with Crippen molar-refractivity contribution >= 4 is 11.6 Å². The van der Waals surface area contributed by atoms with E-state index in [0.29, 0.717) is 0 Å². The van der Waals surface area contributed by atoms with Crippen molar-refractivity contribution in [3.05, 3.63) is 29.8 Å². The van der Waals surface area contributed by atoms with Crippen molar-refractivity contribution in [2.45, 2.75) is 39.7 Å². The molecule has 1 aliphatic rings. The Morgan fingerprint density at radius 3 is 2.79 bits per heavy atom. The van der Waals surface area contributed by atoms with E-state index in [9.17, 15) is 4.79 Å². The van der Waals surface area contributed by atoms with Crippen molar-refractivity contribution in [3.8, 4) is 0 Å². The van der Waals surface area contributed by atoms with Crippen LogP contribution in [-0.2, 0) is 11.3 Å². The van der Waals surface area contributed by atoms with Crippen molar-refractivity contribution in [2.75, 3.05) is 11.9 Å². The summed E-state index contributed by atoms with van der Waals surface area (Å²) in [5, 5.41) is 6.42. The summed E-state index contributed by atoms with van der Waals surface area (Å²) >= 11 is 0. The van der Waals surface area contributed by atoms with E-state index >= 15 is 0 Å². The third-order valence-corrected chi connectivity index (χ3v) is 4.09. The Morgan fingerprint density at radius 1 is 1.32 bits per heavy atom. The molecule has 1 fully saturated rings. The molecule has 104 valence electrons. The van der Waals surface area contributed by atoms with Crippen LogP contribution >= 0.6 is 0 Å². The molecule has 0 radical (unpaired) electrons. The second kappa shape index (κ2) is 6.71. The fraction of sp³-hybridized carbons (Fsp3) is 0.562. The van der Waals surface area contributed by atoms with E-state index < -0.39 is 0 Å². The number of hydrogen-bond donors (Lipinski definition) is 2. The minimum atomic E-state index is -0.0168. The summed E-state index contributed by atoms with van der Waals surface area (Å²) in [5.41, 5.74) is 2.07. The van der Waals surface area contributed by atoms with Crippen LogP contribution in [0.5, 0.6) is 0 Å². The highest BCUT2D eigenvalue weighted by molar-refractivity contribution is 5.89. The van der Waals surface area contributed by atoms with Crippen LogP contribution in [0.4, 0.5) is 5.69 Å². The Labute approximate surface area is 115 Å². The predicted molar refractivity (Wildman–Crippen MR) is 79.0 cm³/mol. The van der Waals surface area contributed by atoms with Gasteiger partial charge >= 0.3 is 0 Å². The third-order valence-electron chi connectivity index (χ3n) is 4.09. The molecule has 0 spiro atoms. The van der Waals surface area contributed by atoms with Crippen LogP contribution in [0, 0.1) is 11.8 Å². The van der Waals surface area contributed by atoms with E-state index in [1.807, 2.05) is 18.2 Å². The minimum absolute atomic E-state index is 0.0168. The zero-order valence-corrected chi connectivity index (χ0v) is 11.9. The van der Waals surface area contributed by atoms with Crippen LogP contribution in [0.1, 0.15) is 38.7 Å². The van der Waals surface area contributed by atoms with Gasteiger partial charge in [-0.3, -0.25) is 4.79 Å². The van der Waals surface area contributed by atoms with Crippen molar-refractivity contribution < 1.29 is 4.79 Å². The standard InChI is InChI=1S/C16H24N2O/c1-12-6-5-8-14(12)10-17-11-15-7-3-4-9-16(15)18-13(2)19/h3-4,7,9,12,14,17H,5-6,8,10-11H2,1-2H3,(H,18,19). The summed E-state index contributed by atoms with van der Waals surface area (Å²) in [6, 6.07) is 7.99. The first-order chi connectivity index (χ1) is 9.16. The fourth-order valence-corrected chi connectivity index (χ4v) is 2.90. The average Bonchev–Trinajstić information content (AvgIpc) is 2.77. The van der Waals surface area contributed by atoms with Gasteiger partial charge in [0.15, 0.2) is 0 Å². The fourth-order valence-electron chi connectivity index (χ4n) is 2.90. The van der Waals surface area contributed by atoms with E-state index in [4.69, 9.17) is 0 Å². The first-order valence-electron chi connectivity index (χ1n) is 7.23. The van der Waals surface area contributed by atoms with E-state index in [-0.39, 0.29) is 5.91 Å². The number of rotatable bonds is 5. The van der Waals surface area contributed by atoms with Gasteiger partial charge in [0.25, 0.3) is 0 Å². The maximum Gasteiger partial charge on any atom is 0.221 e. The molecule has 19 heavy (non-hydrogen) atoms. The van der Waals surface area contributed by atoms with Gasteiger partial charge < -0.3 is 10.6 Å². The highest BCUT2D eigenvalue weighted by atomic mass is 16.1. The number of anilines is 1. The second-order valence-electron chi connectivity index (χ2n) is 5.64. The molecule has 2 unspecified atom stereocenters. The quantitative estimate of drug-likeness (QED) is 0.853. The van der Waals surface area contributed by atoms with Gasteiger partial charge in [0.2, 0.25) is 5.91 Å². The first-order valence-corrected chi connectivity index (χ1v) is 7.23. The lowest BCUT2D eigenvalue weighted by Crippen LogP contribution is -2.24. The van der Waals surface area contributed by atoms with Gasteiger partial charge in [-0.1, -0.05) is 38.0 Å². The second-order valence-corrected chi connectivity index (χ2v) is 5.64. The van der Waals surface area contributed by atoms with Crippen LogP contribution in [0.3, 0.4) is 0 Å². The minimum Gasteiger partial charge on any atom is -0.326 e. The molecule has 0 aliphatic heterocycles. The molecule has 0 saturated heterocycles. The molecule has 0 bridgehead atoms. The third kappa shape index (κ3) is 4.06. The lowest BCUT2D eigenvalue weighted by molar-refractivity contribution is -0.114. The molecule has 2 N–H and O–H groups in total. The molecule has 1 aliphatic carbocycles. The van der Waals surface area contributed by atoms with Crippen LogP contribution in [0.25, 0.3) is 0 Å². The Kier molecular flexibility index (Phi) is 4.97. The highest BCUT2D eigenvalue weighted by Crippen LogP contribution is 2.30. The molecular weight excluding hydrogens is 236 g/mol. The SMILES string of the molecule is CC(=O)Nc1ccccc1CNCC1CCCC1C. The summed E-state index contributed by atoms with van der Waals surface area (Å²) in [6.45, 7) is 5.80. The molecule has 0 heterocycles. The number of para-hydroxylation sites is 1. The summed E-state index contributed by atoms with van der Waals surface area (Å²) in [4.78, 5) is 11.2. The van der Waals surface area contributed by atoms with E-state index in [0.717, 1.165) is 36.2 Å². The number of hydrogen-bond acceptors (Lipinski definition) is 2. The summed E-state index contributed by atoms with van der Waals surface area (Å²) in [6.07, 6.45) is 4.09. The molecule has 1 saturated carbocycles. The molecule has 2 rings (SSSR count). The molecule has 2 atom stereocenters. The maximum absolute atomic E-state index is 11.2. The van der Waals surface area contributed by atoms with E-state index in [1.54, 1.807) is 6.92 Å². The molecule has 0 aromatic heterocycles. The van der Waals surface area contributed by atoms with Gasteiger partial charge in [-0.05, 0) is 36.4 Å². The maximum atomic E-state index is 11.2. The average molecular weight is 260 g/mol. The van der Waals surface area contributed by atoms with Crippen LogP contribution in [0.2, 0.25) is 0 Å². The van der Waals surface area contributed by atoms with Gasteiger partial charge in [0.1, 0.15) is 0 Å². The monoisotopic (exact) mass is 260 g/mol. The predicted octanol–water partition coefficient (Wildman–Crippen LogP) is 3.17. The topological polar surface area (TPSA) is 41.1 Å². The zero-order valence-electron chi connectivity index (χ0n) is 11.9. The molecule has 1 amide bonds. The Hall–Kier alpha value is -1.35. The van der Waals surface area contributed by atoms with Gasteiger partial charge in [0.05, 0.1) is 0 Å². The largest absolute Gasteiger partial charge is 0.326 e. The van der Waals surface area contributed by atoms with Gasteiger partial charge in [-0.2, -0.15) is 0 Å². The molecule has 1 aromatic carbocycles. The Morgan fingerprint density at radius 2 is 2.11 bits per heavy atom. The normalized spacial score (nSPS) is 22.4. The van der Waals surface area contributed by atoms with Gasteiger partial charge in [-0.15, -0.1) is 0 Å². The van der Waals surface area contributed by atoms with Crippen LogP contribution in [0.15, 0.2) is 24.3 Å². The Balaban J connectivity index is 1.86.